The molecule has 0 bridgehead atoms. The van der Waals surface area contributed by atoms with E-state index in [1.54, 1.807) is 0 Å². The molecule has 0 aliphatic carbocycles. The van der Waals surface area contributed by atoms with Crippen LogP contribution in [0.3, 0.4) is 0 Å². The van der Waals surface area contributed by atoms with Crippen molar-refractivity contribution in [2.45, 2.75) is 25.7 Å². The fourth-order valence-corrected chi connectivity index (χ4v) is 3.46. The van der Waals surface area contributed by atoms with E-state index in [-0.39, 0.29) is 17.7 Å². The molecule has 3 aliphatic rings. The van der Waals surface area contributed by atoms with Gasteiger partial charge in [0.1, 0.15) is 0 Å². The van der Waals surface area contributed by atoms with Crippen LogP contribution in [0.15, 0.2) is 0 Å². The summed E-state index contributed by atoms with van der Waals surface area (Å²) >= 11 is 0. The highest BCUT2D eigenvalue weighted by Gasteiger charge is 2.40. The van der Waals surface area contributed by atoms with E-state index in [0.29, 0.717) is 18.4 Å². The zero-order valence-electron chi connectivity index (χ0n) is 10.7. The summed E-state index contributed by atoms with van der Waals surface area (Å²) in [6.07, 6.45) is 3.85. The third-order valence-corrected chi connectivity index (χ3v) is 4.79. The van der Waals surface area contributed by atoms with E-state index in [9.17, 15) is 9.59 Å². The number of rotatable bonds is 1. The highest BCUT2D eigenvalue weighted by atomic mass is 16.2. The van der Waals surface area contributed by atoms with Crippen LogP contribution in [-0.4, -0.2) is 49.4 Å². The predicted octanol–water partition coefficient (Wildman–Crippen LogP) is -0.275. The minimum atomic E-state index is -0.117. The second-order valence-electron chi connectivity index (χ2n) is 5.96. The summed E-state index contributed by atoms with van der Waals surface area (Å²) in [5.74, 6) is 0.0734. The molecule has 2 amide bonds. The number of nitrogens with zero attached hydrogens (tertiary/aromatic N) is 1. The molecular formula is C13H21N3O2. The average Bonchev–Trinajstić information content (AvgIpc) is 3.00. The molecule has 0 saturated carbocycles. The molecule has 3 fully saturated rings. The van der Waals surface area contributed by atoms with Gasteiger partial charge in [0.25, 0.3) is 0 Å². The zero-order valence-corrected chi connectivity index (χ0v) is 10.7. The van der Waals surface area contributed by atoms with E-state index in [2.05, 4.69) is 10.6 Å². The average molecular weight is 251 g/mol. The van der Waals surface area contributed by atoms with Crippen molar-refractivity contribution in [2.24, 2.45) is 11.3 Å². The molecule has 5 heteroatoms. The van der Waals surface area contributed by atoms with Crippen LogP contribution < -0.4 is 10.6 Å². The van der Waals surface area contributed by atoms with Crippen LogP contribution in [0, 0.1) is 11.3 Å². The summed E-state index contributed by atoms with van der Waals surface area (Å²) < 4.78 is 0. The smallest absolute Gasteiger partial charge is 0.227 e. The van der Waals surface area contributed by atoms with Gasteiger partial charge in [-0.15, -0.1) is 0 Å². The largest absolute Gasteiger partial charge is 0.355 e. The predicted molar refractivity (Wildman–Crippen MR) is 66.9 cm³/mol. The SMILES string of the molecule is O=C1CC(C(=O)N2CCC3(CCNC3)CC2)CN1. The lowest BCUT2D eigenvalue weighted by atomic mass is 9.77. The molecule has 3 saturated heterocycles. The lowest BCUT2D eigenvalue weighted by Gasteiger charge is -2.39. The second kappa shape index (κ2) is 4.53. The molecule has 1 atom stereocenters. The first-order valence-electron chi connectivity index (χ1n) is 6.95. The van der Waals surface area contributed by atoms with Crippen LogP contribution in [0.25, 0.3) is 0 Å². The van der Waals surface area contributed by atoms with Crippen LogP contribution in [0.2, 0.25) is 0 Å². The van der Waals surface area contributed by atoms with E-state index in [0.717, 1.165) is 39.0 Å². The number of carbonyl (C=O) groups excluding carboxylic acids is 2. The van der Waals surface area contributed by atoms with Gasteiger partial charge >= 0.3 is 0 Å². The molecule has 3 aliphatic heterocycles. The summed E-state index contributed by atoms with van der Waals surface area (Å²) in [5, 5.41) is 6.17. The van der Waals surface area contributed by atoms with Gasteiger partial charge in [-0.3, -0.25) is 9.59 Å². The van der Waals surface area contributed by atoms with Gasteiger partial charge < -0.3 is 15.5 Å². The van der Waals surface area contributed by atoms with E-state index < -0.39 is 0 Å². The molecule has 0 aromatic heterocycles. The number of carbonyl (C=O) groups is 2. The Bertz CT molecular complexity index is 353. The monoisotopic (exact) mass is 251 g/mol. The fraction of sp³-hybridized carbons (Fsp3) is 0.846. The van der Waals surface area contributed by atoms with E-state index in [4.69, 9.17) is 0 Å². The number of hydrogen-bond donors (Lipinski definition) is 2. The number of likely N-dealkylation sites (tertiary alicyclic amines) is 1. The van der Waals surface area contributed by atoms with Crippen molar-refractivity contribution in [1.29, 1.82) is 0 Å². The molecule has 2 N–H and O–H groups in total. The first-order valence-corrected chi connectivity index (χ1v) is 6.95. The summed E-state index contributed by atoms with van der Waals surface area (Å²) in [6, 6.07) is 0. The lowest BCUT2D eigenvalue weighted by molar-refractivity contribution is -0.137. The lowest BCUT2D eigenvalue weighted by Crippen LogP contribution is -2.46. The molecule has 3 rings (SSSR count). The highest BCUT2D eigenvalue weighted by Crippen LogP contribution is 2.37. The van der Waals surface area contributed by atoms with Crippen LogP contribution in [-0.2, 0) is 9.59 Å². The molecule has 3 heterocycles. The maximum absolute atomic E-state index is 12.3. The molecule has 0 radical (unpaired) electrons. The van der Waals surface area contributed by atoms with Gasteiger partial charge in [-0.05, 0) is 31.2 Å². The van der Waals surface area contributed by atoms with Crippen molar-refractivity contribution in [3.8, 4) is 0 Å². The molecule has 18 heavy (non-hydrogen) atoms. The fourth-order valence-electron chi connectivity index (χ4n) is 3.46. The minimum absolute atomic E-state index is 0.0156. The standard InChI is InChI=1S/C13H21N3O2/c17-11-7-10(8-15-11)12(18)16-5-2-13(3-6-16)1-4-14-9-13/h10,14H,1-9H2,(H,15,17). The number of nitrogens with one attached hydrogen (secondary N) is 2. The normalized spacial score (nSPS) is 30.8. The topological polar surface area (TPSA) is 61.4 Å². The molecule has 1 spiro atoms. The Morgan fingerprint density at radius 3 is 2.61 bits per heavy atom. The first kappa shape index (κ1) is 12.0. The summed E-state index contributed by atoms with van der Waals surface area (Å²) in [5.41, 5.74) is 0.445. The molecular weight excluding hydrogens is 230 g/mol. The van der Waals surface area contributed by atoms with Crippen molar-refractivity contribution in [3.05, 3.63) is 0 Å². The summed E-state index contributed by atoms with van der Waals surface area (Å²) in [7, 11) is 0. The number of piperidine rings is 1. The van der Waals surface area contributed by atoms with Crippen molar-refractivity contribution in [1.82, 2.24) is 15.5 Å². The van der Waals surface area contributed by atoms with Crippen molar-refractivity contribution in [2.75, 3.05) is 32.7 Å². The number of hydrogen-bond acceptors (Lipinski definition) is 3. The maximum Gasteiger partial charge on any atom is 0.227 e. The third kappa shape index (κ3) is 2.11. The zero-order chi connectivity index (χ0) is 12.6. The van der Waals surface area contributed by atoms with Crippen molar-refractivity contribution in [3.63, 3.8) is 0 Å². The Morgan fingerprint density at radius 2 is 2.06 bits per heavy atom. The van der Waals surface area contributed by atoms with Crippen LogP contribution in [0.5, 0.6) is 0 Å². The van der Waals surface area contributed by atoms with Gasteiger partial charge in [0.15, 0.2) is 0 Å². The molecule has 1 unspecified atom stereocenters. The van der Waals surface area contributed by atoms with Crippen LogP contribution in [0.1, 0.15) is 25.7 Å². The molecule has 0 aromatic carbocycles. The third-order valence-electron chi connectivity index (χ3n) is 4.79. The van der Waals surface area contributed by atoms with Gasteiger partial charge in [0.2, 0.25) is 11.8 Å². The van der Waals surface area contributed by atoms with Gasteiger partial charge in [0.05, 0.1) is 5.92 Å². The van der Waals surface area contributed by atoms with Gasteiger partial charge in [-0.25, -0.2) is 0 Å². The Balaban J connectivity index is 1.56. The van der Waals surface area contributed by atoms with E-state index in [1.807, 2.05) is 4.90 Å². The highest BCUT2D eigenvalue weighted by molar-refractivity contribution is 5.89. The Hall–Kier alpha value is -1.10. The second-order valence-corrected chi connectivity index (χ2v) is 5.96. The Kier molecular flexibility index (Phi) is 3.01. The van der Waals surface area contributed by atoms with Crippen LogP contribution >= 0.6 is 0 Å². The van der Waals surface area contributed by atoms with Gasteiger partial charge in [0, 0.05) is 32.6 Å². The van der Waals surface area contributed by atoms with Crippen molar-refractivity contribution >= 4 is 11.8 Å². The Labute approximate surface area is 107 Å². The maximum atomic E-state index is 12.3. The van der Waals surface area contributed by atoms with E-state index >= 15 is 0 Å². The minimum Gasteiger partial charge on any atom is -0.355 e. The molecule has 100 valence electrons. The number of amides is 2. The summed E-state index contributed by atoms with van der Waals surface area (Å²) in [4.78, 5) is 25.4. The Morgan fingerprint density at radius 1 is 1.28 bits per heavy atom. The first-order chi connectivity index (χ1) is 8.69. The summed E-state index contributed by atoms with van der Waals surface area (Å²) in [6.45, 7) is 4.49. The molecule has 5 nitrogen and oxygen atoms in total. The van der Waals surface area contributed by atoms with Crippen LogP contribution in [0.4, 0.5) is 0 Å². The van der Waals surface area contributed by atoms with Crippen molar-refractivity contribution < 1.29 is 9.59 Å². The molecule has 0 aromatic rings. The van der Waals surface area contributed by atoms with E-state index in [1.165, 1.54) is 6.42 Å². The quantitative estimate of drug-likeness (QED) is 0.674. The van der Waals surface area contributed by atoms with Gasteiger partial charge in [-0.1, -0.05) is 0 Å². The van der Waals surface area contributed by atoms with Gasteiger partial charge in [-0.2, -0.15) is 0 Å².